The van der Waals surface area contributed by atoms with Crippen molar-refractivity contribution in [3.8, 4) is 0 Å². The zero-order chi connectivity index (χ0) is 20.5. The molecule has 0 bridgehead atoms. The van der Waals surface area contributed by atoms with Crippen LogP contribution < -0.4 is 10.6 Å². The van der Waals surface area contributed by atoms with Gasteiger partial charge >= 0.3 is 0 Å². The van der Waals surface area contributed by atoms with E-state index in [4.69, 9.17) is 0 Å². The van der Waals surface area contributed by atoms with Crippen molar-refractivity contribution >= 4 is 47.2 Å². The van der Waals surface area contributed by atoms with E-state index in [9.17, 15) is 4.79 Å². The molecule has 2 N–H and O–H groups in total. The summed E-state index contributed by atoms with van der Waals surface area (Å²) < 4.78 is 0. The van der Waals surface area contributed by atoms with Gasteiger partial charge in [0.05, 0.1) is 17.2 Å². The van der Waals surface area contributed by atoms with Gasteiger partial charge in [0.1, 0.15) is 0 Å². The number of piperidine rings is 1. The highest BCUT2D eigenvalue weighted by atomic mass is 127. The van der Waals surface area contributed by atoms with Gasteiger partial charge in [0.15, 0.2) is 5.96 Å². The van der Waals surface area contributed by atoms with E-state index < -0.39 is 0 Å². The SMILES string of the molecule is CN=C(NCCc1csc(C)n1)NCC(=O)N1CCC(Cc2ccccc2)CC1.I. The Labute approximate surface area is 200 Å². The van der Waals surface area contributed by atoms with E-state index in [0.717, 1.165) is 56.0 Å². The first kappa shape index (κ1) is 24.6. The highest BCUT2D eigenvalue weighted by molar-refractivity contribution is 14.0. The minimum atomic E-state index is 0. The monoisotopic (exact) mass is 541 g/mol. The van der Waals surface area contributed by atoms with Crippen LogP contribution in [0.25, 0.3) is 0 Å². The van der Waals surface area contributed by atoms with Crippen LogP contribution >= 0.6 is 35.3 Å². The fraction of sp³-hybridized carbons (Fsp3) is 0.500. The van der Waals surface area contributed by atoms with Crippen LogP contribution in [0.15, 0.2) is 40.7 Å². The fourth-order valence-corrected chi connectivity index (χ4v) is 4.30. The van der Waals surface area contributed by atoms with Crippen LogP contribution in [0.3, 0.4) is 0 Å². The molecule has 1 fully saturated rings. The number of aromatic nitrogens is 1. The average molecular weight is 542 g/mol. The van der Waals surface area contributed by atoms with Gasteiger partial charge < -0.3 is 15.5 Å². The topological polar surface area (TPSA) is 69.6 Å². The third-order valence-electron chi connectivity index (χ3n) is 5.31. The maximum absolute atomic E-state index is 12.6. The second kappa shape index (κ2) is 12.9. The molecular weight excluding hydrogens is 509 g/mol. The van der Waals surface area contributed by atoms with Crippen molar-refractivity contribution in [1.29, 1.82) is 0 Å². The van der Waals surface area contributed by atoms with Gasteiger partial charge in [0, 0.05) is 38.5 Å². The number of nitrogens with zero attached hydrogens (tertiary/aromatic N) is 3. The Morgan fingerprint density at radius 3 is 2.60 bits per heavy atom. The quantitative estimate of drug-likeness (QED) is 0.321. The summed E-state index contributed by atoms with van der Waals surface area (Å²) in [6, 6.07) is 10.6. The van der Waals surface area contributed by atoms with Gasteiger partial charge in [-0.2, -0.15) is 0 Å². The number of likely N-dealkylation sites (tertiary alicyclic amines) is 1. The smallest absolute Gasteiger partial charge is 0.241 e. The molecule has 8 heteroatoms. The van der Waals surface area contributed by atoms with Crippen LogP contribution in [0.5, 0.6) is 0 Å². The van der Waals surface area contributed by atoms with Gasteiger partial charge in [0.25, 0.3) is 0 Å². The van der Waals surface area contributed by atoms with E-state index in [0.29, 0.717) is 11.9 Å². The second-order valence-electron chi connectivity index (χ2n) is 7.47. The van der Waals surface area contributed by atoms with Crippen molar-refractivity contribution in [3.05, 3.63) is 52.0 Å². The van der Waals surface area contributed by atoms with Crippen LogP contribution in [-0.4, -0.2) is 55.0 Å². The normalized spacial score (nSPS) is 14.9. The Balaban J connectivity index is 0.00000320. The molecule has 1 aromatic heterocycles. The number of hydrogen-bond acceptors (Lipinski definition) is 4. The molecule has 3 rings (SSSR count). The molecule has 0 radical (unpaired) electrons. The van der Waals surface area contributed by atoms with Crippen molar-refractivity contribution < 1.29 is 4.79 Å². The number of guanidine groups is 1. The predicted octanol–water partition coefficient (Wildman–Crippen LogP) is 3.26. The van der Waals surface area contributed by atoms with E-state index in [2.05, 4.69) is 56.3 Å². The van der Waals surface area contributed by atoms with Gasteiger partial charge in [-0.25, -0.2) is 4.98 Å². The van der Waals surface area contributed by atoms with Gasteiger partial charge in [-0.15, -0.1) is 35.3 Å². The molecule has 164 valence electrons. The number of thiazole rings is 1. The number of aryl methyl sites for hydroxylation is 1. The molecule has 2 aromatic rings. The molecule has 0 saturated carbocycles. The largest absolute Gasteiger partial charge is 0.356 e. The molecule has 1 aliphatic rings. The first-order valence-electron chi connectivity index (χ1n) is 10.3. The van der Waals surface area contributed by atoms with Gasteiger partial charge in [0.2, 0.25) is 5.91 Å². The summed E-state index contributed by atoms with van der Waals surface area (Å²) in [5.74, 6) is 1.46. The van der Waals surface area contributed by atoms with Crippen molar-refractivity contribution in [2.45, 2.75) is 32.6 Å². The lowest BCUT2D eigenvalue weighted by atomic mass is 9.90. The van der Waals surface area contributed by atoms with Crippen LogP contribution in [0.4, 0.5) is 0 Å². The fourth-order valence-electron chi connectivity index (χ4n) is 3.66. The molecule has 0 spiro atoms. The first-order valence-corrected chi connectivity index (χ1v) is 11.2. The number of benzene rings is 1. The summed E-state index contributed by atoms with van der Waals surface area (Å²) in [6.45, 7) is 4.71. The lowest BCUT2D eigenvalue weighted by Crippen LogP contribution is -2.47. The molecule has 6 nitrogen and oxygen atoms in total. The highest BCUT2D eigenvalue weighted by Crippen LogP contribution is 2.21. The van der Waals surface area contributed by atoms with Crippen LogP contribution in [-0.2, 0) is 17.6 Å². The molecule has 1 aromatic carbocycles. The van der Waals surface area contributed by atoms with Gasteiger partial charge in [-0.1, -0.05) is 30.3 Å². The standard InChI is InChI=1S/C22H31N5OS.HI/c1-17-26-20(16-29-17)8-11-24-22(23-2)25-15-21(28)27-12-9-19(10-13-27)14-18-6-4-3-5-7-18;/h3-7,16,19H,8-15H2,1-2H3,(H2,23,24,25);1H. The Kier molecular flexibility index (Phi) is 10.6. The Bertz CT molecular complexity index is 803. The molecule has 2 heterocycles. The van der Waals surface area contributed by atoms with E-state index in [-0.39, 0.29) is 36.4 Å². The number of halogens is 1. The predicted molar refractivity (Wildman–Crippen MR) is 135 cm³/mol. The molecule has 0 unspecified atom stereocenters. The molecule has 0 atom stereocenters. The Morgan fingerprint density at radius 1 is 1.23 bits per heavy atom. The minimum Gasteiger partial charge on any atom is -0.356 e. The molecule has 1 amide bonds. The first-order chi connectivity index (χ1) is 14.1. The van der Waals surface area contributed by atoms with Crippen molar-refractivity contribution in [3.63, 3.8) is 0 Å². The third kappa shape index (κ3) is 7.86. The lowest BCUT2D eigenvalue weighted by Gasteiger charge is -2.32. The maximum atomic E-state index is 12.6. The summed E-state index contributed by atoms with van der Waals surface area (Å²) in [6.07, 6.45) is 4.09. The second-order valence-corrected chi connectivity index (χ2v) is 8.54. The number of carbonyl (C=O) groups excluding carboxylic acids is 1. The van der Waals surface area contributed by atoms with Crippen molar-refractivity contribution in [2.24, 2.45) is 10.9 Å². The van der Waals surface area contributed by atoms with Crippen LogP contribution in [0.2, 0.25) is 0 Å². The van der Waals surface area contributed by atoms with Gasteiger partial charge in [-0.3, -0.25) is 9.79 Å². The maximum Gasteiger partial charge on any atom is 0.241 e. The zero-order valence-corrected chi connectivity index (χ0v) is 20.9. The molecule has 1 saturated heterocycles. The van der Waals surface area contributed by atoms with E-state index in [1.54, 1.807) is 18.4 Å². The minimum absolute atomic E-state index is 0. The number of rotatable bonds is 7. The molecular formula is C22H32IN5OS. The Morgan fingerprint density at radius 2 is 1.97 bits per heavy atom. The average Bonchev–Trinajstić information content (AvgIpc) is 3.16. The number of carbonyl (C=O) groups is 1. The molecule has 1 aliphatic heterocycles. The summed E-state index contributed by atoms with van der Waals surface area (Å²) >= 11 is 1.66. The van der Waals surface area contributed by atoms with Crippen LogP contribution in [0, 0.1) is 12.8 Å². The Hall–Kier alpha value is -1.68. The number of amides is 1. The van der Waals surface area contributed by atoms with E-state index >= 15 is 0 Å². The molecule has 30 heavy (non-hydrogen) atoms. The van der Waals surface area contributed by atoms with Gasteiger partial charge in [-0.05, 0) is 37.7 Å². The summed E-state index contributed by atoms with van der Waals surface area (Å²) in [5, 5.41) is 9.56. The number of nitrogens with one attached hydrogen (secondary N) is 2. The van der Waals surface area contributed by atoms with Crippen molar-refractivity contribution in [2.75, 3.05) is 33.2 Å². The van der Waals surface area contributed by atoms with E-state index in [1.165, 1.54) is 5.56 Å². The highest BCUT2D eigenvalue weighted by Gasteiger charge is 2.22. The summed E-state index contributed by atoms with van der Waals surface area (Å²) in [4.78, 5) is 23.2. The number of hydrogen-bond donors (Lipinski definition) is 2. The molecule has 0 aliphatic carbocycles. The van der Waals surface area contributed by atoms with Crippen LogP contribution in [0.1, 0.15) is 29.1 Å². The van der Waals surface area contributed by atoms with E-state index in [1.807, 2.05) is 11.8 Å². The summed E-state index contributed by atoms with van der Waals surface area (Å²) in [5.41, 5.74) is 2.48. The zero-order valence-electron chi connectivity index (χ0n) is 17.8. The van der Waals surface area contributed by atoms with Crippen molar-refractivity contribution in [1.82, 2.24) is 20.5 Å². The lowest BCUT2D eigenvalue weighted by molar-refractivity contribution is -0.131. The number of aliphatic imine (C=N–C) groups is 1. The summed E-state index contributed by atoms with van der Waals surface area (Å²) in [7, 11) is 1.72. The third-order valence-corrected chi connectivity index (χ3v) is 6.13.